The molecule has 0 saturated heterocycles. The Labute approximate surface area is 225 Å². The van der Waals surface area contributed by atoms with Gasteiger partial charge in [-0.2, -0.15) is 9.57 Å². The molecule has 0 bridgehead atoms. The number of ether oxygens (including phenoxy) is 1. The van der Waals surface area contributed by atoms with Crippen LogP contribution in [0.15, 0.2) is 64.4 Å². The van der Waals surface area contributed by atoms with E-state index in [9.17, 15) is 23.3 Å². The third-order valence-electron chi connectivity index (χ3n) is 5.41. The van der Waals surface area contributed by atoms with Crippen LogP contribution in [0.3, 0.4) is 0 Å². The molecule has 0 radical (unpaired) electrons. The van der Waals surface area contributed by atoms with E-state index in [1.807, 2.05) is 49.6 Å². The number of thiophene rings is 1. The minimum absolute atomic E-state index is 0.0750. The van der Waals surface area contributed by atoms with Crippen LogP contribution in [-0.4, -0.2) is 37.2 Å². The highest BCUT2D eigenvalue weighted by molar-refractivity contribution is 8.04. The Morgan fingerprint density at radius 2 is 1.78 bits per heavy atom. The van der Waals surface area contributed by atoms with Gasteiger partial charge in [-0.25, -0.2) is 13.2 Å². The van der Waals surface area contributed by atoms with Gasteiger partial charge in [-0.15, -0.1) is 11.3 Å². The lowest BCUT2D eigenvalue weighted by Crippen LogP contribution is -2.36. The number of nitrogens with one attached hydrogen (secondary N) is 1. The van der Waals surface area contributed by atoms with Crippen molar-refractivity contribution < 1.29 is 22.7 Å². The fourth-order valence-electron chi connectivity index (χ4n) is 3.54. The maximum Gasteiger partial charge on any atom is 0.348 e. The molecular formula is C26H27N3O5S3. The van der Waals surface area contributed by atoms with E-state index in [0.29, 0.717) is 20.3 Å². The van der Waals surface area contributed by atoms with Gasteiger partial charge in [0.1, 0.15) is 15.3 Å². The van der Waals surface area contributed by atoms with Crippen LogP contribution in [0.25, 0.3) is 0 Å². The number of thioether (sulfide) groups is 1. The van der Waals surface area contributed by atoms with Crippen LogP contribution in [0.2, 0.25) is 0 Å². The summed E-state index contributed by atoms with van der Waals surface area (Å²) >= 11 is 1.87. The molecule has 0 spiro atoms. The van der Waals surface area contributed by atoms with E-state index in [0.717, 1.165) is 28.7 Å². The molecule has 3 aromatic rings. The largest absolute Gasteiger partial charge is 0.462 e. The standard InChI is InChI=1S/C26H27N3O5S3/c1-5-34-26(31)23-18(4)22(35-16-27)25(36-23)28-24(30)20-11-13-21(14-12-20)37(32,33)29(17(2)3)15-19-9-7-6-8-10-19/h6-14,17H,5,15H2,1-4H3,(H,28,30). The second-order valence-corrected chi connectivity index (χ2v) is 11.9. The van der Waals surface area contributed by atoms with Crippen molar-refractivity contribution in [3.05, 3.63) is 76.2 Å². The minimum atomic E-state index is -3.82. The Bertz CT molecular complexity index is 1410. The van der Waals surface area contributed by atoms with Crippen molar-refractivity contribution in [1.29, 1.82) is 5.26 Å². The Morgan fingerprint density at radius 3 is 2.35 bits per heavy atom. The molecule has 0 unspecified atom stereocenters. The molecule has 194 valence electrons. The van der Waals surface area contributed by atoms with Gasteiger partial charge in [-0.3, -0.25) is 4.79 Å². The Hall–Kier alpha value is -3.17. The maximum atomic E-state index is 13.4. The minimum Gasteiger partial charge on any atom is -0.462 e. The molecule has 8 nitrogen and oxygen atoms in total. The van der Waals surface area contributed by atoms with E-state index in [-0.39, 0.29) is 29.7 Å². The fourth-order valence-corrected chi connectivity index (χ4v) is 6.96. The zero-order valence-electron chi connectivity index (χ0n) is 20.8. The Balaban J connectivity index is 1.84. The van der Waals surface area contributed by atoms with Gasteiger partial charge in [0.25, 0.3) is 5.91 Å². The van der Waals surface area contributed by atoms with Crippen molar-refractivity contribution >= 4 is 50.0 Å². The Kier molecular flexibility index (Phi) is 9.50. The zero-order valence-corrected chi connectivity index (χ0v) is 23.3. The monoisotopic (exact) mass is 557 g/mol. The van der Waals surface area contributed by atoms with Crippen molar-refractivity contribution in [3.63, 3.8) is 0 Å². The number of nitrogens with zero attached hydrogens (tertiary/aromatic N) is 2. The second-order valence-electron chi connectivity index (χ2n) is 8.24. The summed E-state index contributed by atoms with van der Waals surface area (Å²) in [5, 5.41) is 14.2. The second kappa shape index (κ2) is 12.4. The van der Waals surface area contributed by atoms with Crippen molar-refractivity contribution in [2.45, 2.75) is 50.1 Å². The van der Waals surface area contributed by atoms with E-state index in [1.165, 1.54) is 28.6 Å². The van der Waals surface area contributed by atoms with E-state index in [1.54, 1.807) is 13.8 Å². The quantitative estimate of drug-likeness (QED) is 0.194. The summed E-state index contributed by atoms with van der Waals surface area (Å²) in [6.45, 7) is 7.43. The van der Waals surface area contributed by atoms with Gasteiger partial charge in [0.05, 0.1) is 16.4 Å². The molecule has 0 saturated carbocycles. The van der Waals surface area contributed by atoms with Gasteiger partial charge in [-0.1, -0.05) is 30.3 Å². The summed E-state index contributed by atoms with van der Waals surface area (Å²) in [7, 11) is -3.82. The summed E-state index contributed by atoms with van der Waals surface area (Å²) in [5.74, 6) is -1.02. The number of nitriles is 1. The van der Waals surface area contributed by atoms with Crippen LogP contribution < -0.4 is 5.32 Å². The SMILES string of the molecule is CCOC(=O)c1sc(NC(=O)c2ccc(S(=O)(=O)N(Cc3ccccc3)C(C)C)cc2)c(SC#N)c1C. The molecule has 0 aliphatic heterocycles. The van der Waals surface area contributed by atoms with E-state index in [2.05, 4.69) is 5.32 Å². The van der Waals surface area contributed by atoms with E-state index < -0.39 is 21.9 Å². The topological polar surface area (TPSA) is 117 Å². The number of carbonyl (C=O) groups is 2. The number of hydrogen-bond donors (Lipinski definition) is 1. The maximum absolute atomic E-state index is 13.4. The molecule has 11 heteroatoms. The molecule has 37 heavy (non-hydrogen) atoms. The Morgan fingerprint density at radius 1 is 1.14 bits per heavy atom. The lowest BCUT2D eigenvalue weighted by Gasteiger charge is -2.26. The molecule has 0 aliphatic carbocycles. The van der Waals surface area contributed by atoms with Gasteiger partial charge < -0.3 is 10.1 Å². The molecule has 1 amide bonds. The number of carbonyl (C=O) groups excluding carboxylic acids is 2. The molecule has 0 atom stereocenters. The van der Waals surface area contributed by atoms with Crippen LogP contribution in [0.5, 0.6) is 0 Å². The average molecular weight is 558 g/mol. The van der Waals surface area contributed by atoms with Crippen LogP contribution in [-0.2, 0) is 21.3 Å². The summed E-state index contributed by atoms with van der Waals surface area (Å²) in [6.07, 6.45) is 0. The fraction of sp³-hybridized carbons (Fsp3) is 0.269. The lowest BCUT2D eigenvalue weighted by atomic mass is 10.2. The van der Waals surface area contributed by atoms with Crippen molar-refractivity contribution in [3.8, 4) is 5.40 Å². The van der Waals surface area contributed by atoms with Gasteiger partial charge in [0, 0.05) is 18.2 Å². The lowest BCUT2D eigenvalue weighted by molar-refractivity contribution is 0.0531. The third-order valence-corrected chi connectivity index (χ3v) is 9.57. The predicted octanol–water partition coefficient (Wildman–Crippen LogP) is 5.66. The van der Waals surface area contributed by atoms with Gasteiger partial charge in [0.2, 0.25) is 10.0 Å². The summed E-state index contributed by atoms with van der Waals surface area (Å²) in [5.41, 5.74) is 1.66. The smallest absolute Gasteiger partial charge is 0.348 e. The molecular weight excluding hydrogens is 531 g/mol. The van der Waals surface area contributed by atoms with Crippen molar-refractivity contribution in [2.75, 3.05) is 11.9 Å². The number of rotatable bonds is 10. The number of hydrogen-bond acceptors (Lipinski definition) is 8. The molecule has 3 rings (SSSR count). The van der Waals surface area contributed by atoms with Gasteiger partial charge in [-0.05, 0) is 74.8 Å². The first-order valence-corrected chi connectivity index (χ1v) is 14.5. The van der Waals surface area contributed by atoms with Crippen LogP contribution >= 0.6 is 23.1 Å². The highest BCUT2D eigenvalue weighted by Crippen LogP contribution is 2.40. The molecule has 2 aromatic carbocycles. The average Bonchev–Trinajstić information content (AvgIpc) is 3.18. The van der Waals surface area contributed by atoms with Crippen LogP contribution in [0.1, 0.15) is 51.9 Å². The van der Waals surface area contributed by atoms with Crippen LogP contribution in [0, 0.1) is 17.6 Å². The molecule has 1 aromatic heterocycles. The number of anilines is 1. The number of benzene rings is 2. The predicted molar refractivity (Wildman–Crippen MR) is 145 cm³/mol. The number of sulfonamides is 1. The third kappa shape index (κ3) is 6.59. The summed E-state index contributed by atoms with van der Waals surface area (Å²) < 4.78 is 33.2. The van der Waals surface area contributed by atoms with E-state index >= 15 is 0 Å². The van der Waals surface area contributed by atoms with E-state index in [4.69, 9.17) is 4.74 Å². The normalized spacial score (nSPS) is 11.4. The first-order valence-electron chi connectivity index (χ1n) is 11.4. The molecule has 1 heterocycles. The summed E-state index contributed by atoms with van der Waals surface area (Å²) in [4.78, 5) is 26.1. The van der Waals surface area contributed by atoms with Crippen molar-refractivity contribution in [2.24, 2.45) is 0 Å². The highest BCUT2D eigenvalue weighted by Gasteiger charge is 2.28. The van der Waals surface area contributed by atoms with Crippen molar-refractivity contribution in [1.82, 2.24) is 4.31 Å². The van der Waals surface area contributed by atoms with Gasteiger partial charge >= 0.3 is 5.97 Å². The van der Waals surface area contributed by atoms with Crippen LogP contribution in [0.4, 0.5) is 5.00 Å². The molecule has 0 aliphatic rings. The highest BCUT2D eigenvalue weighted by atomic mass is 32.2. The number of amides is 1. The number of thiocyanates is 1. The summed E-state index contributed by atoms with van der Waals surface area (Å²) in [6, 6.07) is 14.7. The number of esters is 1. The first-order chi connectivity index (χ1) is 17.6. The zero-order chi connectivity index (χ0) is 27.2. The molecule has 1 N–H and O–H groups in total. The van der Waals surface area contributed by atoms with Gasteiger partial charge in [0.15, 0.2) is 0 Å². The molecule has 0 fully saturated rings. The first kappa shape index (κ1) is 28.4.